The minimum absolute atomic E-state index is 0.0306. The number of amides is 1. The van der Waals surface area contributed by atoms with Crippen LogP contribution >= 0.6 is 11.6 Å². The predicted molar refractivity (Wildman–Crippen MR) is 118 cm³/mol. The van der Waals surface area contributed by atoms with Gasteiger partial charge in [-0.15, -0.1) is 0 Å². The first kappa shape index (κ1) is 24.0. The van der Waals surface area contributed by atoms with E-state index in [1.165, 1.54) is 18.2 Å². The highest BCUT2D eigenvalue weighted by molar-refractivity contribution is 7.89. The number of rotatable bonds is 8. The smallest absolute Gasteiger partial charge is 0.255 e. The van der Waals surface area contributed by atoms with Crippen LogP contribution in [0.2, 0.25) is 5.02 Å². The van der Waals surface area contributed by atoms with Gasteiger partial charge in [-0.25, -0.2) is 13.1 Å². The number of sulfonamides is 1. The van der Waals surface area contributed by atoms with Crippen molar-refractivity contribution in [3.8, 4) is 11.5 Å². The third-order valence-electron chi connectivity index (χ3n) is 3.72. The summed E-state index contributed by atoms with van der Waals surface area (Å²) in [5, 5.41) is 2.77. The molecular weight excluding hydrogens is 428 g/mol. The number of nitrogens with one attached hydrogen (secondary N) is 2. The number of carbonyl (C=O) groups is 1. The van der Waals surface area contributed by atoms with Gasteiger partial charge in [0.1, 0.15) is 4.90 Å². The maximum Gasteiger partial charge on any atom is 0.255 e. The Morgan fingerprint density at radius 1 is 1.00 bits per heavy atom. The summed E-state index contributed by atoms with van der Waals surface area (Å²) >= 11 is 6.10. The Morgan fingerprint density at radius 3 is 2.23 bits per heavy atom. The van der Waals surface area contributed by atoms with Gasteiger partial charge in [0.15, 0.2) is 11.5 Å². The van der Waals surface area contributed by atoms with Crippen LogP contribution < -0.4 is 19.5 Å². The molecule has 0 saturated carbocycles. The van der Waals surface area contributed by atoms with Gasteiger partial charge in [-0.05, 0) is 65.0 Å². The summed E-state index contributed by atoms with van der Waals surface area (Å²) in [6, 6.07) is 9.14. The number of benzene rings is 2. The number of halogens is 1. The first-order chi connectivity index (χ1) is 14.0. The predicted octanol–water partition coefficient (Wildman–Crippen LogP) is 4.47. The average molecular weight is 455 g/mol. The number of hydrogen-bond acceptors (Lipinski definition) is 5. The molecule has 7 nitrogen and oxygen atoms in total. The van der Waals surface area contributed by atoms with Crippen molar-refractivity contribution >= 4 is 33.2 Å². The third kappa shape index (κ3) is 6.35. The van der Waals surface area contributed by atoms with Gasteiger partial charge >= 0.3 is 0 Å². The molecule has 0 unspecified atom stereocenters. The second-order valence-electron chi connectivity index (χ2n) is 7.48. The molecule has 0 aliphatic carbocycles. The average Bonchev–Trinajstić information content (AvgIpc) is 2.62. The first-order valence-corrected chi connectivity index (χ1v) is 11.4. The highest BCUT2D eigenvalue weighted by Crippen LogP contribution is 2.31. The molecule has 0 aliphatic rings. The summed E-state index contributed by atoms with van der Waals surface area (Å²) in [7, 11) is -3.90. The van der Waals surface area contributed by atoms with E-state index in [1.54, 1.807) is 39.0 Å². The van der Waals surface area contributed by atoms with Gasteiger partial charge in [0.25, 0.3) is 5.91 Å². The molecule has 164 valence electrons. The molecule has 2 N–H and O–H groups in total. The number of hydrogen-bond donors (Lipinski definition) is 2. The maximum absolute atomic E-state index is 12.7. The van der Waals surface area contributed by atoms with E-state index < -0.39 is 21.5 Å². The van der Waals surface area contributed by atoms with E-state index in [9.17, 15) is 13.2 Å². The SMILES string of the molecule is CCOc1ccc(NC(=O)c2ccc(Cl)c(S(=O)(=O)NC(C)(C)C)c2)cc1OCC. The lowest BCUT2D eigenvalue weighted by atomic mass is 10.1. The van der Waals surface area contributed by atoms with Gasteiger partial charge < -0.3 is 14.8 Å². The highest BCUT2D eigenvalue weighted by Gasteiger charge is 2.25. The molecule has 1 amide bonds. The van der Waals surface area contributed by atoms with E-state index in [4.69, 9.17) is 21.1 Å². The minimum Gasteiger partial charge on any atom is -0.490 e. The first-order valence-electron chi connectivity index (χ1n) is 9.51. The molecule has 2 aromatic rings. The molecular formula is C21H27ClN2O5S. The van der Waals surface area contributed by atoms with Gasteiger partial charge in [-0.1, -0.05) is 11.6 Å². The standard InChI is InChI=1S/C21H27ClN2O5S/c1-6-28-17-11-9-15(13-18(17)29-7-2)23-20(25)14-8-10-16(22)19(12-14)30(26,27)24-21(3,4)5/h8-13,24H,6-7H2,1-5H3,(H,23,25). The van der Waals surface area contributed by atoms with Crippen LogP contribution in [0.5, 0.6) is 11.5 Å². The van der Waals surface area contributed by atoms with E-state index >= 15 is 0 Å². The molecule has 0 aliphatic heterocycles. The minimum atomic E-state index is -3.90. The van der Waals surface area contributed by atoms with Crippen LogP contribution in [-0.4, -0.2) is 33.1 Å². The topological polar surface area (TPSA) is 93.7 Å². The number of carbonyl (C=O) groups excluding carboxylic acids is 1. The second kappa shape index (κ2) is 9.68. The summed E-state index contributed by atoms with van der Waals surface area (Å²) in [6.07, 6.45) is 0. The molecule has 0 saturated heterocycles. The Bertz CT molecular complexity index is 1020. The summed E-state index contributed by atoms with van der Waals surface area (Å²) in [4.78, 5) is 12.6. The quantitative estimate of drug-likeness (QED) is 0.613. The van der Waals surface area contributed by atoms with E-state index in [-0.39, 0.29) is 15.5 Å². The van der Waals surface area contributed by atoms with Crippen LogP contribution in [-0.2, 0) is 10.0 Å². The fourth-order valence-electron chi connectivity index (χ4n) is 2.64. The maximum atomic E-state index is 12.7. The van der Waals surface area contributed by atoms with Crippen LogP contribution in [0.3, 0.4) is 0 Å². The Balaban J connectivity index is 2.31. The van der Waals surface area contributed by atoms with Crippen molar-refractivity contribution in [3.05, 3.63) is 47.0 Å². The number of ether oxygens (including phenoxy) is 2. The van der Waals surface area contributed by atoms with Crippen LogP contribution in [0.15, 0.2) is 41.3 Å². The summed E-state index contributed by atoms with van der Waals surface area (Å²) in [5.41, 5.74) is -0.0575. The largest absolute Gasteiger partial charge is 0.490 e. The van der Waals surface area contributed by atoms with Gasteiger partial charge in [-0.3, -0.25) is 4.79 Å². The molecule has 0 aromatic heterocycles. The molecule has 0 spiro atoms. The lowest BCUT2D eigenvalue weighted by molar-refractivity contribution is 0.102. The van der Waals surface area contributed by atoms with Crippen molar-refractivity contribution in [1.82, 2.24) is 4.72 Å². The van der Waals surface area contributed by atoms with E-state index in [1.807, 2.05) is 13.8 Å². The van der Waals surface area contributed by atoms with Crippen LogP contribution in [0.1, 0.15) is 45.0 Å². The van der Waals surface area contributed by atoms with Gasteiger partial charge in [-0.2, -0.15) is 0 Å². The monoisotopic (exact) mass is 454 g/mol. The van der Waals surface area contributed by atoms with Crippen molar-refractivity contribution in [1.29, 1.82) is 0 Å². The molecule has 0 atom stereocenters. The molecule has 30 heavy (non-hydrogen) atoms. The lowest BCUT2D eigenvalue weighted by Crippen LogP contribution is -2.40. The van der Waals surface area contributed by atoms with Crippen molar-refractivity contribution < 1.29 is 22.7 Å². The van der Waals surface area contributed by atoms with Crippen molar-refractivity contribution in [2.24, 2.45) is 0 Å². The molecule has 0 heterocycles. The molecule has 2 rings (SSSR count). The molecule has 0 radical (unpaired) electrons. The van der Waals surface area contributed by atoms with E-state index in [0.717, 1.165) is 0 Å². The Hall–Kier alpha value is -2.29. The van der Waals surface area contributed by atoms with Crippen molar-refractivity contribution in [2.75, 3.05) is 18.5 Å². The number of anilines is 1. The van der Waals surface area contributed by atoms with Crippen LogP contribution in [0.4, 0.5) is 5.69 Å². The second-order valence-corrected chi connectivity index (χ2v) is 9.54. The van der Waals surface area contributed by atoms with Crippen LogP contribution in [0, 0.1) is 0 Å². The molecule has 2 aromatic carbocycles. The van der Waals surface area contributed by atoms with E-state index in [2.05, 4.69) is 10.0 Å². The third-order valence-corrected chi connectivity index (χ3v) is 5.96. The Kier molecular flexibility index (Phi) is 7.74. The summed E-state index contributed by atoms with van der Waals surface area (Å²) in [6.45, 7) is 9.80. The van der Waals surface area contributed by atoms with Crippen molar-refractivity contribution in [2.45, 2.75) is 45.1 Å². The zero-order valence-electron chi connectivity index (χ0n) is 17.7. The van der Waals surface area contributed by atoms with Crippen LogP contribution in [0.25, 0.3) is 0 Å². The molecule has 9 heteroatoms. The van der Waals surface area contributed by atoms with E-state index in [0.29, 0.717) is 30.4 Å². The lowest BCUT2D eigenvalue weighted by Gasteiger charge is -2.21. The van der Waals surface area contributed by atoms with Gasteiger partial charge in [0.2, 0.25) is 10.0 Å². The molecule has 0 fully saturated rings. The summed E-state index contributed by atoms with van der Waals surface area (Å²) in [5.74, 6) is 0.599. The fourth-order valence-corrected chi connectivity index (χ4v) is 4.59. The highest BCUT2D eigenvalue weighted by atomic mass is 35.5. The fraction of sp³-hybridized carbons (Fsp3) is 0.381. The Labute approximate surface area is 182 Å². The Morgan fingerprint density at radius 2 is 1.63 bits per heavy atom. The normalized spacial score (nSPS) is 11.8. The van der Waals surface area contributed by atoms with Gasteiger partial charge in [0, 0.05) is 22.9 Å². The zero-order valence-corrected chi connectivity index (χ0v) is 19.3. The zero-order chi connectivity index (χ0) is 22.5. The van der Waals surface area contributed by atoms with Crippen molar-refractivity contribution in [3.63, 3.8) is 0 Å². The van der Waals surface area contributed by atoms with Gasteiger partial charge in [0.05, 0.1) is 18.2 Å². The summed E-state index contributed by atoms with van der Waals surface area (Å²) < 4.78 is 38.9. The molecule has 0 bridgehead atoms.